The molecule has 2 unspecified atom stereocenters. The van der Waals surface area contributed by atoms with Gasteiger partial charge in [0.1, 0.15) is 0 Å². The van der Waals surface area contributed by atoms with E-state index >= 15 is 0 Å². The van der Waals surface area contributed by atoms with Gasteiger partial charge in [0.25, 0.3) is 5.91 Å². The Bertz CT molecular complexity index is 192. The maximum Gasteiger partial charge on any atom is 0.281 e. The van der Waals surface area contributed by atoms with Crippen LogP contribution in [0.25, 0.3) is 0 Å². The maximum atomic E-state index is 11.4. The zero-order chi connectivity index (χ0) is 7.90. The van der Waals surface area contributed by atoms with Crippen LogP contribution in [0.1, 0.15) is 12.8 Å². The van der Waals surface area contributed by atoms with Crippen molar-refractivity contribution < 1.29 is 14.4 Å². The van der Waals surface area contributed by atoms with Gasteiger partial charge in [-0.1, -0.05) is 0 Å². The Hall–Kier alpha value is -0.180. The first-order valence-electron chi connectivity index (χ1n) is 3.61. The summed E-state index contributed by atoms with van der Waals surface area (Å²) >= 11 is 0. The Labute approximate surface area is 67.0 Å². The van der Waals surface area contributed by atoms with Crippen LogP contribution >= 0.6 is 9.39 Å². The first-order chi connectivity index (χ1) is 5.25. The number of amides is 1. The van der Waals surface area contributed by atoms with Crippen molar-refractivity contribution in [2.45, 2.75) is 18.4 Å². The summed E-state index contributed by atoms with van der Waals surface area (Å²) in [5, 5.41) is 0. The van der Waals surface area contributed by atoms with Crippen LogP contribution in [0.3, 0.4) is 0 Å². The number of carbonyl (C=O) groups excluding carboxylic acids is 1. The lowest BCUT2D eigenvalue weighted by atomic mass is 9.90. The van der Waals surface area contributed by atoms with Gasteiger partial charge < -0.3 is 4.74 Å². The topological polar surface area (TPSA) is 38.8 Å². The number of rotatable bonds is 0. The lowest BCUT2D eigenvalue weighted by Gasteiger charge is -2.44. The molecule has 11 heavy (non-hydrogen) atoms. The van der Waals surface area contributed by atoms with Gasteiger partial charge >= 0.3 is 0 Å². The third kappa shape index (κ3) is 0.975. The van der Waals surface area contributed by atoms with Crippen molar-refractivity contribution in [3.05, 3.63) is 0 Å². The summed E-state index contributed by atoms with van der Waals surface area (Å²) in [6, 6.07) is 0. The zero-order valence-electron chi connectivity index (χ0n) is 6.08. The summed E-state index contributed by atoms with van der Waals surface area (Å²) in [6.45, 7) is 1.26. The minimum absolute atomic E-state index is 0.0694. The molecule has 1 spiro atoms. The second-order valence-corrected chi connectivity index (χ2v) is 3.28. The van der Waals surface area contributed by atoms with Crippen LogP contribution in [0.15, 0.2) is 0 Å². The van der Waals surface area contributed by atoms with Crippen molar-refractivity contribution in [3.8, 4) is 0 Å². The second-order valence-electron chi connectivity index (χ2n) is 2.81. The molecule has 0 N–H and O–H groups in total. The minimum Gasteiger partial charge on any atom is -0.365 e. The standard InChI is InChI=1S/C6H10NO3P/c8-5-6(1-3-9-6)2-4-10-7(5)11/h1-4,11H2. The molecule has 0 aromatic carbocycles. The minimum atomic E-state index is -0.528. The lowest BCUT2D eigenvalue weighted by molar-refractivity contribution is -0.234. The highest BCUT2D eigenvalue weighted by molar-refractivity contribution is 7.14. The predicted molar refractivity (Wildman–Crippen MR) is 40.4 cm³/mol. The number of carbonyl (C=O) groups is 1. The first kappa shape index (κ1) is 7.47. The van der Waals surface area contributed by atoms with E-state index in [1.165, 1.54) is 4.83 Å². The van der Waals surface area contributed by atoms with Crippen LogP contribution in [0.2, 0.25) is 0 Å². The molecule has 4 nitrogen and oxygen atoms in total. The highest BCUT2D eigenvalue weighted by Gasteiger charge is 2.49. The fourth-order valence-electron chi connectivity index (χ4n) is 1.39. The van der Waals surface area contributed by atoms with Crippen molar-refractivity contribution in [3.63, 3.8) is 0 Å². The predicted octanol–water partition coefficient (Wildman–Crippen LogP) is 0.0995. The largest absolute Gasteiger partial charge is 0.365 e. The van der Waals surface area contributed by atoms with Crippen LogP contribution in [0, 0.1) is 0 Å². The molecule has 5 heteroatoms. The molecule has 0 aromatic heterocycles. The Kier molecular flexibility index (Phi) is 1.63. The molecule has 2 fully saturated rings. The van der Waals surface area contributed by atoms with E-state index in [2.05, 4.69) is 9.39 Å². The average molecular weight is 175 g/mol. The molecule has 0 aliphatic carbocycles. The van der Waals surface area contributed by atoms with E-state index in [-0.39, 0.29) is 5.91 Å². The molecular weight excluding hydrogens is 165 g/mol. The number of hydrogen-bond acceptors (Lipinski definition) is 3. The van der Waals surface area contributed by atoms with Gasteiger partial charge in [-0.05, 0) is 9.39 Å². The SMILES string of the molecule is O=C1N(P)OCCC12CCO2. The molecule has 2 aliphatic heterocycles. The molecule has 2 rings (SSSR count). The summed E-state index contributed by atoms with van der Waals surface area (Å²) in [5.74, 6) is -0.0694. The van der Waals surface area contributed by atoms with Gasteiger partial charge in [-0.25, -0.2) is 4.83 Å². The van der Waals surface area contributed by atoms with E-state index in [1.807, 2.05) is 0 Å². The van der Waals surface area contributed by atoms with Gasteiger partial charge in [-0.3, -0.25) is 9.63 Å². The van der Waals surface area contributed by atoms with Gasteiger partial charge in [-0.15, -0.1) is 0 Å². The maximum absolute atomic E-state index is 11.4. The van der Waals surface area contributed by atoms with E-state index in [0.29, 0.717) is 19.6 Å². The molecule has 1 amide bonds. The van der Waals surface area contributed by atoms with Crippen molar-refractivity contribution in [1.82, 2.24) is 4.83 Å². The summed E-state index contributed by atoms with van der Waals surface area (Å²) in [7, 11) is 2.23. The smallest absolute Gasteiger partial charge is 0.281 e. The third-order valence-electron chi connectivity index (χ3n) is 2.21. The van der Waals surface area contributed by atoms with Crippen molar-refractivity contribution in [1.29, 1.82) is 0 Å². The van der Waals surface area contributed by atoms with Gasteiger partial charge in [0, 0.05) is 12.8 Å². The molecule has 2 atom stereocenters. The van der Waals surface area contributed by atoms with Gasteiger partial charge in [0.2, 0.25) is 0 Å². The van der Waals surface area contributed by atoms with Crippen molar-refractivity contribution in [2.24, 2.45) is 0 Å². The summed E-state index contributed by atoms with van der Waals surface area (Å²) in [4.78, 5) is 17.6. The molecule has 0 bridgehead atoms. The van der Waals surface area contributed by atoms with Gasteiger partial charge in [0.15, 0.2) is 5.60 Å². The van der Waals surface area contributed by atoms with Crippen molar-refractivity contribution >= 4 is 15.3 Å². The Morgan fingerprint density at radius 1 is 1.45 bits per heavy atom. The summed E-state index contributed by atoms with van der Waals surface area (Å²) in [6.07, 6.45) is 1.52. The van der Waals surface area contributed by atoms with Gasteiger partial charge in [0.05, 0.1) is 13.2 Å². The monoisotopic (exact) mass is 175 g/mol. The molecule has 2 aliphatic rings. The van der Waals surface area contributed by atoms with Crippen LogP contribution in [-0.4, -0.2) is 29.6 Å². The molecule has 2 heterocycles. The number of nitrogens with zero attached hydrogens (tertiary/aromatic N) is 1. The lowest BCUT2D eigenvalue weighted by Crippen LogP contribution is -2.58. The Morgan fingerprint density at radius 2 is 2.18 bits per heavy atom. The normalized spacial score (nSPS) is 37.5. The highest BCUT2D eigenvalue weighted by Crippen LogP contribution is 2.36. The molecule has 62 valence electrons. The second kappa shape index (κ2) is 2.41. The van der Waals surface area contributed by atoms with Gasteiger partial charge in [-0.2, -0.15) is 0 Å². The number of ether oxygens (including phenoxy) is 1. The average Bonchev–Trinajstić information content (AvgIpc) is 1.91. The zero-order valence-corrected chi connectivity index (χ0v) is 7.23. The first-order valence-corrected chi connectivity index (χ1v) is 4.12. The highest BCUT2D eigenvalue weighted by atomic mass is 31.0. The van der Waals surface area contributed by atoms with Crippen LogP contribution in [0.4, 0.5) is 0 Å². The Balaban J connectivity index is 2.14. The molecule has 0 saturated carbocycles. The van der Waals surface area contributed by atoms with E-state index in [4.69, 9.17) is 9.57 Å². The van der Waals surface area contributed by atoms with E-state index in [1.54, 1.807) is 0 Å². The van der Waals surface area contributed by atoms with Crippen LogP contribution in [0.5, 0.6) is 0 Å². The number of hydrogen-bond donors (Lipinski definition) is 0. The van der Waals surface area contributed by atoms with Crippen LogP contribution < -0.4 is 0 Å². The van der Waals surface area contributed by atoms with E-state index in [9.17, 15) is 4.79 Å². The third-order valence-corrected chi connectivity index (χ3v) is 2.59. The van der Waals surface area contributed by atoms with Crippen molar-refractivity contribution in [2.75, 3.05) is 13.2 Å². The quantitative estimate of drug-likeness (QED) is 0.490. The molecule has 0 radical (unpaired) electrons. The molecular formula is C6H10NO3P. The summed E-state index contributed by atoms with van der Waals surface area (Å²) < 4.78 is 5.26. The fraction of sp³-hybridized carbons (Fsp3) is 0.833. The van der Waals surface area contributed by atoms with Crippen LogP contribution in [-0.2, 0) is 14.4 Å². The van der Waals surface area contributed by atoms with E-state index < -0.39 is 5.60 Å². The molecule has 0 aromatic rings. The molecule has 2 saturated heterocycles. The Morgan fingerprint density at radius 3 is 2.64 bits per heavy atom. The summed E-state index contributed by atoms with van der Waals surface area (Å²) in [5.41, 5.74) is -0.528. The fourth-order valence-corrected chi connectivity index (χ4v) is 1.73. The number of hydroxylamine groups is 1. The van der Waals surface area contributed by atoms with E-state index in [0.717, 1.165) is 6.42 Å².